The number of anilines is 3. The maximum atomic E-state index is 13.2. The lowest BCUT2D eigenvalue weighted by atomic mass is 10.2. The number of nitrogens with one attached hydrogen (secondary N) is 1. The van der Waals surface area contributed by atoms with Gasteiger partial charge >= 0.3 is 0 Å². The number of halogens is 3. The fraction of sp³-hybridized carbons (Fsp3) is 0.375. The third-order valence-corrected chi connectivity index (χ3v) is 4.95. The Balaban J connectivity index is 1.89. The van der Waals surface area contributed by atoms with E-state index in [-0.39, 0.29) is 5.02 Å². The van der Waals surface area contributed by atoms with Crippen LogP contribution in [0.2, 0.25) is 5.02 Å². The molecular formula is C16H17BrClFN4. The van der Waals surface area contributed by atoms with Crippen LogP contribution in [0.3, 0.4) is 0 Å². The van der Waals surface area contributed by atoms with Crippen LogP contribution in [0.25, 0.3) is 0 Å². The smallest absolute Gasteiger partial charge is 0.229 e. The maximum absolute atomic E-state index is 13.2. The summed E-state index contributed by atoms with van der Waals surface area (Å²) in [6.45, 7) is 4.40. The van der Waals surface area contributed by atoms with Crippen molar-refractivity contribution in [3.05, 3.63) is 39.7 Å². The summed E-state index contributed by atoms with van der Waals surface area (Å²) in [4.78, 5) is 11.2. The van der Waals surface area contributed by atoms with Gasteiger partial charge in [-0.1, -0.05) is 11.6 Å². The van der Waals surface area contributed by atoms with E-state index in [0.29, 0.717) is 23.7 Å². The summed E-state index contributed by atoms with van der Waals surface area (Å²) in [5.74, 6) is 0.875. The first-order valence-corrected chi connectivity index (χ1v) is 8.65. The molecule has 1 fully saturated rings. The van der Waals surface area contributed by atoms with Crippen LogP contribution >= 0.6 is 27.5 Å². The van der Waals surface area contributed by atoms with E-state index in [0.717, 1.165) is 23.1 Å². The molecule has 1 aromatic carbocycles. The molecule has 122 valence electrons. The Morgan fingerprint density at radius 1 is 1.30 bits per heavy atom. The van der Waals surface area contributed by atoms with Crippen LogP contribution in [-0.4, -0.2) is 22.1 Å². The molecule has 1 saturated heterocycles. The third-order valence-electron chi connectivity index (χ3n) is 4.10. The molecular weight excluding hydrogens is 383 g/mol. The topological polar surface area (TPSA) is 41.1 Å². The highest BCUT2D eigenvalue weighted by Gasteiger charge is 2.30. The quantitative estimate of drug-likeness (QED) is 0.774. The Hall–Kier alpha value is -1.40. The highest BCUT2D eigenvalue weighted by Crippen LogP contribution is 2.34. The highest BCUT2D eigenvalue weighted by molar-refractivity contribution is 9.10. The molecule has 1 aliphatic heterocycles. The van der Waals surface area contributed by atoms with Gasteiger partial charge in [-0.25, -0.2) is 9.37 Å². The predicted octanol–water partition coefficient (Wildman–Crippen LogP) is 5.15. The second kappa shape index (κ2) is 6.61. The van der Waals surface area contributed by atoms with E-state index in [1.165, 1.54) is 12.1 Å². The number of rotatable bonds is 3. The first-order valence-electron chi connectivity index (χ1n) is 7.48. The lowest BCUT2D eigenvalue weighted by Gasteiger charge is -2.28. The van der Waals surface area contributed by atoms with Gasteiger partial charge in [0.15, 0.2) is 0 Å². The Labute approximate surface area is 148 Å². The Bertz CT molecular complexity index is 717. The van der Waals surface area contributed by atoms with Crippen molar-refractivity contribution in [2.24, 2.45) is 0 Å². The molecule has 2 atom stereocenters. The normalized spacial score (nSPS) is 20.8. The summed E-state index contributed by atoms with van der Waals surface area (Å²) >= 11 is 9.34. The van der Waals surface area contributed by atoms with Gasteiger partial charge in [0.2, 0.25) is 5.95 Å². The Morgan fingerprint density at radius 2 is 2.00 bits per heavy atom. The van der Waals surface area contributed by atoms with E-state index >= 15 is 0 Å². The molecule has 0 amide bonds. The van der Waals surface area contributed by atoms with Crippen molar-refractivity contribution in [3.8, 4) is 0 Å². The Kier molecular flexibility index (Phi) is 4.73. The van der Waals surface area contributed by atoms with Crippen molar-refractivity contribution in [3.63, 3.8) is 0 Å². The lowest BCUT2D eigenvalue weighted by Crippen LogP contribution is -2.33. The minimum absolute atomic E-state index is 0.0640. The molecule has 0 spiro atoms. The molecule has 1 N–H and O–H groups in total. The van der Waals surface area contributed by atoms with Gasteiger partial charge in [-0.2, -0.15) is 4.98 Å². The fourth-order valence-electron chi connectivity index (χ4n) is 2.91. The molecule has 0 aliphatic carbocycles. The van der Waals surface area contributed by atoms with Gasteiger partial charge in [0.1, 0.15) is 11.6 Å². The minimum atomic E-state index is -0.450. The second-order valence-corrected chi connectivity index (χ2v) is 7.06. The minimum Gasteiger partial charge on any atom is -0.350 e. The molecule has 7 heteroatoms. The highest BCUT2D eigenvalue weighted by atomic mass is 79.9. The molecule has 2 heterocycles. The van der Waals surface area contributed by atoms with Crippen LogP contribution in [0, 0.1) is 5.82 Å². The van der Waals surface area contributed by atoms with E-state index in [1.54, 1.807) is 12.3 Å². The molecule has 2 aromatic rings. The zero-order valence-electron chi connectivity index (χ0n) is 12.9. The van der Waals surface area contributed by atoms with Gasteiger partial charge in [-0.05, 0) is 60.8 Å². The standard InChI is InChI=1S/C16H17BrClFN4/c1-9-3-4-10(2)23(9)15-12(17)8-20-16(22-15)21-11-5-6-14(19)13(18)7-11/h5-10H,3-4H2,1-2H3,(H,20,21,22). The maximum Gasteiger partial charge on any atom is 0.229 e. The largest absolute Gasteiger partial charge is 0.350 e. The summed E-state index contributed by atoms with van der Waals surface area (Å²) in [5, 5.41) is 3.14. The summed E-state index contributed by atoms with van der Waals surface area (Å²) in [7, 11) is 0. The Morgan fingerprint density at radius 3 is 2.65 bits per heavy atom. The molecule has 0 radical (unpaired) electrons. The zero-order chi connectivity index (χ0) is 16.6. The lowest BCUT2D eigenvalue weighted by molar-refractivity contribution is 0.628. The molecule has 0 saturated carbocycles. The first kappa shape index (κ1) is 16.5. The number of nitrogens with zero attached hydrogens (tertiary/aromatic N) is 3. The average molecular weight is 400 g/mol. The molecule has 1 aromatic heterocycles. The zero-order valence-corrected chi connectivity index (χ0v) is 15.2. The summed E-state index contributed by atoms with van der Waals surface area (Å²) < 4.78 is 14.1. The van der Waals surface area contributed by atoms with Crippen LogP contribution in [0.4, 0.5) is 21.8 Å². The van der Waals surface area contributed by atoms with Gasteiger partial charge in [0.05, 0.1) is 9.50 Å². The van der Waals surface area contributed by atoms with Crippen molar-refractivity contribution in [1.82, 2.24) is 9.97 Å². The van der Waals surface area contributed by atoms with Gasteiger partial charge in [0.25, 0.3) is 0 Å². The molecule has 1 aliphatic rings. The van der Waals surface area contributed by atoms with Crippen molar-refractivity contribution >= 4 is 45.0 Å². The molecule has 2 unspecified atom stereocenters. The second-order valence-electron chi connectivity index (χ2n) is 5.80. The van der Waals surface area contributed by atoms with E-state index in [2.05, 4.69) is 50.0 Å². The predicted molar refractivity (Wildman–Crippen MR) is 95.1 cm³/mol. The van der Waals surface area contributed by atoms with E-state index in [4.69, 9.17) is 11.6 Å². The van der Waals surface area contributed by atoms with Crippen LogP contribution in [0.5, 0.6) is 0 Å². The van der Waals surface area contributed by atoms with Gasteiger partial charge in [0, 0.05) is 24.0 Å². The van der Waals surface area contributed by atoms with Gasteiger partial charge < -0.3 is 10.2 Å². The summed E-state index contributed by atoms with van der Waals surface area (Å²) in [6.07, 6.45) is 4.02. The summed E-state index contributed by atoms with van der Waals surface area (Å²) in [6, 6.07) is 5.31. The molecule has 4 nitrogen and oxygen atoms in total. The third kappa shape index (κ3) is 3.43. The molecule has 0 bridgehead atoms. The number of hydrogen-bond donors (Lipinski definition) is 1. The number of hydrogen-bond acceptors (Lipinski definition) is 4. The van der Waals surface area contributed by atoms with E-state index < -0.39 is 5.82 Å². The van der Waals surface area contributed by atoms with Crippen molar-refractivity contribution in [2.75, 3.05) is 10.2 Å². The SMILES string of the molecule is CC1CCC(C)N1c1nc(Nc2ccc(F)c(Cl)c2)ncc1Br. The number of aromatic nitrogens is 2. The number of benzene rings is 1. The van der Waals surface area contributed by atoms with Crippen molar-refractivity contribution in [2.45, 2.75) is 38.8 Å². The van der Waals surface area contributed by atoms with Crippen LogP contribution in [0.15, 0.2) is 28.9 Å². The van der Waals surface area contributed by atoms with Crippen LogP contribution in [0.1, 0.15) is 26.7 Å². The van der Waals surface area contributed by atoms with Crippen molar-refractivity contribution < 1.29 is 4.39 Å². The molecule has 3 rings (SSSR count). The summed E-state index contributed by atoms with van der Waals surface area (Å²) in [5.41, 5.74) is 0.646. The first-order chi connectivity index (χ1) is 11.0. The van der Waals surface area contributed by atoms with Gasteiger partial charge in [-0.3, -0.25) is 0 Å². The van der Waals surface area contributed by atoms with E-state index in [9.17, 15) is 4.39 Å². The van der Waals surface area contributed by atoms with Crippen LogP contribution < -0.4 is 10.2 Å². The molecule has 23 heavy (non-hydrogen) atoms. The van der Waals surface area contributed by atoms with Crippen molar-refractivity contribution in [1.29, 1.82) is 0 Å². The average Bonchev–Trinajstić information content (AvgIpc) is 2.84. The van der Waals surface area contributed by atoms with E-state index in [1.807, 2.05) is 0 Å². The monoisotopic (exact) mass is 398 g/mol. The van der Waals surface area contributed by atoms with Crippen LogP contribution in [-0.2, 0) is 0 Å². The fourth-order valence-corrected chi connectivity index (χ4v) is 3.49. The van der Waals surface area contributed by atoms with Gasteiger partial charge in [-0.15, -0.1) is 0 Å².